The monoisotopic (exact) mass is 292 g/mol. The van der Waals surface area contributed by atoms with Crippen LogP contribution in [0.4, 0.5) is 0 Å². The number of nitrogens with two attached hydrogens (primary N) is 1. The average molecular weight is 292 g/mol. The number of hydrogen-bond acceptors (Lipinski definition) is 4. The molecule has 0 aliphatic heterocycles. The second kappa shape index (κ2) is 7.13. The molecule has 1 aromatic carbocycles. The predicted octanol–water partition coefficient (Wildman–Crippen LogP) is 2.18. The molecule has 1 heterocycles. The highest BCUT2D eigenvalue weighted by Gasteiger charge is 2.24. The highest BCUT2D eigenvalue weighted by atomic mass is 16.5. The lowest BCUT2D eigenvalue weighted by atomic mass is 10.1. The molecule has 3 N–H and O–H groups in total. The summed E-state index contributed by atoms with van der Waals surface area (Å²) >= 11 is 0. The second-order valence-corrected chi connectivity index (χ2v) is 4.92. The number of hydrogen-bond donors (Lipinski definition) is 2. The molecule has 21 heavy (non-hydrogen) atoms. The highest BCUT2D eigenvalue weighted by Crippen LogP contribution is 2.32. The van der Waals surface area contributed by atoms with Crippen molar-refractivity contribution >= 4 is 16.9 Å². The summed E-state index contributed by atoms with van der Waals surface area (Å²) in [4.78, 5) is 12.0. The summed E-state index contributed by atoms with van der Waals surface area (Å²) in [6.45, 7) is 5.74. The topological polar surface area (TPSA) is 76.3 Å². The minimum atomic E-state index is -0.480. The van der Waals surface area contributed by atoms with E-state index in [0.29, 0.717) is 29.7 Å². The van der Waals surface area contributed by atoms with Crippen LogP contribution < -0.4 is 5.32 Å². The predicted molar refractivity (Wildman–Crippen MR) is 79.2 cm³/mol. The van der Waals surface area contributed by atoms with E-state index >= 15 is 0 Å². The van der Waals surface area contributed by atoms with Gasteiger partial charge in [0.15, 0.2) is 0 Å². The first-order chi connectivity index (χ1) is 10.2. The van der Waals surface area contributed by atoms with Crippen LogP contribution in [0.25, 0.3) is 11.0 Å². The van der Waals surface area contributed by atoms with E-state index in [-0.39, 0.29) is 11.5 Å². The number of aromatic hydroxyl groups is 1. The van der Waals surface area contributed by atoms with Crippen molar-refractivity contribution in [3.05, 3.63) is 29.5 Å². The van der Waals surface area contributed by atoms with Gasteiger partial charge in [-0.2, -0.15) is 0 Å². The third-order valence-electron chi connectivity index (χ3n) is 3.36. The molecule has 0 unspecified atom stereocenters. The molecule has 5 nitrogen and oxygen atoms in total. The fourth-order valence-corrected chi connectivity index (χ4v) is 2.34. The van der Waals surface area contributed by atoms with Gasteiger partial charge in [-0.15, -0.1) is 0 Å². The minimum Gasteiger partial charge on any atom is -0.507 e. The van der Waals surface area contributed by atoms with Crippen LogP contribution in [0.3, 0.4) is 0 Å². The Bertz CT molecular complexity index is 618. The van der Waals surface area contributed by atoms with Gasteiger partial charge >= 0.3 is 5.97 Å². The Balaban J connectivity index is 2.36. The SMILES string of the molecule is CCCC[NH2+]Cc1c(C(=O)OCC)oc2cccc(O)c12. The average Bonchev–Trinajstić information content (AvgIpc) is 2.84. The first-order valence-electron chi connectivity index (χ1n) is 7.41. The number of phenols is 1. The molecule has 0 bridgehead atoms. The van der Waals surface area contributed by atoms with Gasteiger partial charge in [-0.3, -0.25) is 0 Å². The molecule has 0 atom stereocenters. The van der Waals surface area contributed by atoms with Gasteiger partial charge in [0.05, 0.1) is 24.1 Å². The van der Waals surface area contributed by atoms with Gasteiger partial charge in [0, 0.05) is 0 Å². The van der Waals surface area contributed by atoms with Crippen LogP contribution in [0.5, 0.6) is 5.75 Å². The van der Waals surface area contributed by atoms with Crippen molar-refractivity contribution in [1.82, 2.24) is 0 Å². The van der Waals surface area contributed by atoms with Gasteiger partial charge in [0.25, 0.3) is 0 Å². The fraction of sp³-hybridized carbons (Fsp3) is 0.438. The lowest BCUT2D eigenvalue weighted by Crippen LogP contribution is -2.82. The molecular weight excluding hydrogens is 270 g/mol. The molecule has 0 amide bonds. The van der Waals surface area contributed by atoms with Crippen LogP contribution in [0.2, 0.25) is 0 Å². The number of benzene rings is 1. The molecule has 5 heteroatoms. The van der Waals surface area contributed by atoms with Crippen LogP contribution in [-0.2, 0) is 11.3 Å². The quantitative estimate of drug-likeness (QED) is 0.606. The summed E-state index contributed by atoms with van der Waals surface area (Å²) in [7, 11) is 0. The van der Waals surface area contributed by atoms with E-state index in [9.17, 15) is 9.90 Å². The zero-order valence-electron chi connectivity index (χ0n) is 12.5. The first kappa shape index (κ1) is 15.4. The molecule has 2 rings (SSSR count). The first-order valence-corrected chi connectivity index (χ1v) is 7.41. The third-order valence-corrected chi connectivity index (χ3v) is 3.36. The van der Waals surface area contributed by atoms with E-state index < -0.39 is 5.97 Å². The summed E-state index contributed by atoms with van der Waals surface area (Å²) in [6.07, 6.45) is 2.23. The van der Waals surface area contributed by atoms with E-state index in [4.69, 9.17) is 9.15 Å². The van der Waals surface area contributed by atoms with Crippen molar-refractivity contribution < 1.29 is 24.4 Å². The van der Waals surface area contributed by atoms with Crippen LogP contribution in [0, 0.1) is 0 Å². The number of fused-ring (bicyclic) bond motifs is 1. The van der Waals surface area contributed by atoms with Crippen molar-refractivity contribution in [2.45, 2.75) is 33.2 Å². The molecule has 0 aliphatic carbocycles. The Hall–Kier alpha value is -2.01. The molecule has 0 aliphatic rings. The van der Waals surface area contributed by atoms with Crippen molar-refractivity contribution in [2.75, 3.05) is 13.2 Å². The maximum Gasteiger partial charge on any atom is 0.374 e. The Labute approximate surface area is 123 Å². The standard InChI is InChI=1S/C16H21NO4/c1-3-5-9-17-10-11-14-12(18)7-6-8-13(14)21-15(11)16(19)20-4-2/h6-8,17-18H,3-5,9-10H2,1-2H3/p+1. The molecule has 0 radical (unpaired) electrons. The fourth-order valence-electron chi connectivity index (χ4n) is 2.34. The third kappa shape index (κ3) is 3.36. The van der Waals surface area contributed by atoms with Crippen LogP contribution in [-0.4, -0.2) is 24.2 Å². The smallest absolute Gasteiger partial charge is 0.374 e. The molecule has 1 aromatic heterocycles. The van der Waals surface area contributed by atoms with Gasteiger partial charge in [0.1, 0.15) is 17.9 Å². The zero-order chi connectivity index (χ0) is 15.2. The summed E-state index contributed by atoms with van der Waals surface area (Å²) in [5, 5.41) is 12.8. The van der Waals surface area contributed by atoms with E-state index in [2.05, 4.69) is 12.2 Å². The van der Waals surface area contributed by atoms with Gasteiger partial charge in [-0.1, -0.05) is 19.4 Å². The zero-order valence-corrected chi connectivity index (χ0v) is 12.5. The van der Waals surface area contributed by atoms with Crippen molar-refractivity contribution in [3.8, 4) is 5.75 Å². The minimum absolute atomic E-state index is 0.130. The van der Waals surface area contributed by atoms with E-state index in [0.717, 1.165) is 19.4 Å². The van der Waals surface area contributed by atoms with E-state index in [1.54, 1.807) is 25.1 Å². The van der Waals surface area contributed by atoms with E-state index in [1.165, 1.54) is 0 Å². The number of furan rings is 1. The highest BCUT2D eigenvalue weighted by molar-refractivity contribution is 5.98. The molecule has 0 spiro atoms. The second-order valence-electron chi connectivity index (χ2n) is 4.92. The number of esters is 1. The normalized spacial score (nSPS) is 11.0. The Morgan fingerprint density at radius 1 is 1.38 bits per heavy atom. The lowest BCUT2D eigenvalue weighted by Gasteiger charge is -2.03. The number of carbonyl (C=O) groups excluding carboxylic acids is 1. The van der Waals surface area contributed by atoms with Gasteiger partial charge < -0.3 is 19.6 Å². The Morgan fingerprint density at radius 3 is 2.90 bits per heavy atom. The molecule has 114 valence electrons. The number of carbonyl (C=O) groups is 1. The van der Waals surface area contributed by atoms with Gasteiger partial charge in [0.2, 0.25) is 5.76 Å². The maximum atomic E-state index is 12.0. The number of rotatable bonds is 7. The molecule has 0 fully saturated rings. The summed E-state index contributed by atoms with van der Waals surface area (Å²) in [6, 6.07) is 5.04. The largest absolute Gasteiger partial charge is 0.507 e. The molecule has 0 saturated carbocycles. The van der Waals surface area contributed by atoms with Crippen molar-refractivity contribution in [1.29, 1.82) is 0 Å². The van der Waals surface area contributed by atoms with Crippen molar-refractivity contribution in [3.63, 3.8) is 0 Å². The van der Waals surface area contributed by atoms with Crippen molar-refractivity contribution in [2.24, 2.45) is 0 Å². The lowest BCUT2D eigenvalue weighted by molar-refractivity contribution is -0.670. The van der Waals surface area contributed by atoms with Crippen LogP contribution >= 0.6 is 0 Å². The maximum absolute atomic E-state index is 12.0. The van der Waals surface area contributed by atoms with Gasteiger partial charge in [-0.05, 0) is 25.5 Å². The number of phenolic OH excluding ortho intramolecular Hbond substituents is 1. The molecule has 2 aromatic rings. The summed E-state index contributed by atoms with van der Waals surface area (Å²) in [5.74, 6) is -0.154. The number of quaternary nitrogens is 1. The van der Waals surface area contributed by atoms with E-state index in [1.807, 2.05) is 0 Å². The van der Waals surface area contributed by atoms with Crippen LogP contribution in [0.15, 0.2) is 22.6 Å². The molecular formula is C16H22NO4+. The Kier molecular flexibility index (Phi) is 5.22. The van der Waals surface area contributed by atoms with Crippen LogP contribution in [0.1, 0.15) is 42.8 Å². The summed E-state index contributed by atoms with van der Waals surface area (Å²) < 4.78 is 10.6. The molecule has 0 saturated heterocycles. The number of unbranched alkanes of at least 4 members (excludes halogenated alkanes) is 1. The number of ether oxygens (including phenoxy) is 1. The summed E-state index contributed by atoms with van der Waals surface area (Å²) in [5.41, 5.74) is 1.22. The Morgan fingerprint density at radius 2 is 2.19 bits per heavy atom. The van der Waals surface area contributed by atoms with Gasteiger partial charge in [-0.25, -0.2) is 4.79 Å².